The molecule has 0 aliphatic carbocycles. The predicted octanol–water partition coefficient (Wildman–Crippen LogP) is 2.06. The Kier molecular flexibility index (Phi) is 5.51. The number of carbonyl (C=O) groups is 2. The highest BCUT2D eigenvalue weighted by atomic mass is 35.5. The first-order valence-corrected chi connectivity index (χ1v) is 8.53. The average molecular weight is 375 g/mol. The minimum Gasteiger partial charge on any atom is -0.371 e. The molecule has 1 fully saturated rings. The van der Waals surface area contributed by atoms with E-state index in [1.54, 1.807) is 25.1 Å². The van der Waals surface area contributed by atoms with Crippen molar-refractivity contribution in [3.8, 4) is 0 Å². The number of rotatable bonds is 4. The van der Waals surface area contributed by atoms with Crippen LogP contribution in [-0.2, 0) is 4.74 Å². The Labute approximate surface area is 155 Å². The number of primary amides is 1. The molecule has 8 heteroatoms. The quantitative estimate of drug-likeness (QED) is 0.759. The molecule has 0 spiro atoms. The third kappa shape index (κ3) is 4.19. The fourth-order valence-electron chi connectivity index (χ4n) is 2.76. The fraction of sp³-hybridized carbons (Fsp3) is 0.278. The standard InChI is InChI=1S/C18H19ClN4O3/c1-10-6-11(7-15(22-10)17(20)24)18(25)23-12-2-3-13(14(19)8-12)16-9-21-4-5-26-16/h2-3,6-8,16,21H,4-5,9H2,1H3,(H2,20,24)(H,23,25). The zero-order valence-electron chi connectivity index (χ0n) is 14.2. The van der Waals surface area contributed by atoms with Crippen LogP contribution in [-0.4, -0.2) is 36.5 Å². The molecule has 0 bridgehead atoms. The van der Waals surface area contributed by atoms with Gasteiger partial charge in [-0.1, -0.05) is 17.7 Å². The van der Waals surface area contributed by atoms with Gasteiger partial charge in [0, 0.05) is 40.6 Å². The summed E-state index contributed by atoms with van der Waals surface area (Å²) in [5.41, 5.74) is 7.53. The minimum atomic E-state index is -0.684. The van der Waals surface area contributed by atoms with Crippen LogP contribution in [0.1, 0.15) is 38.2 Å². The Bertz CT molecular complexity index is 850. The maximum atomic E-state index is 12.5. The highest BCUT2D eigenvalue weighted by Crippen LogP contribution is 2.29. The topological polar surface area (TPSA) is 106 Å². The van der Waals surface area contributed by atoms with E-state index >= 15 is 0 Å². The summed E-state index contributed by atoms with van der Waals surface area (Å²) in [4.78, 5) is 27.8. The van der Waals surface area contributed by atoms with Gasteiger partial charge >= 0.3 is 0 Å². The van der Waals surface area contributed by atoms with Crippen molar-refractivity contribution < 1.29 is 14.3 Å². The predicted molar refractivity (Wildman–Crippen MR) is 98.5 cm³/mol. The van der Waals surface area contributed by atoms with E-state index in [2.05, 4.69) is 15.6 Å². The second-order valence-electron chi connectivity index (χ2n) is 6.00. The number of benzene rings is 1. The Balaban J connectivity index is 1.77. The first-order chi connectivity index (χ1) is 12.4. The lowest BCUT2D eigenvalue weighted by molar-refractivity contribution is 0.0278. The summed E-state index contributed by atoms with van der Waals surface area (Å²) in [5.74, 6) is -1.06. The Morgan fingerprint density at radius 2 is 2.15 bits per heavy atom. The summed E-state index contributed by atoms with van der Waals surface area (Å²) in [6.45, 7) is 3.83. The molecule has 1 saturated heterocycles. The number of nitrogens with zero attached hydrogens (tertiary/aromatic N) is 1. The van der Waals surface area contributed by atoms with Crippen molar-refractivity contribution in [3.05, 3.63) is 57.9 Å². The molecule has 2 amide bonds. The van der Waals surface area contributed by atoms with Crippen molar-refractivity contribution >= 4 is 29.1 Å². The van der Waals surface area contributed by atoms with E-state index in [4.69, 9.17) is 22.1 Å². The molecule has 1 aliphatic rings. The monoisotopic (exact) mass is 374 g/mol. The van der Waals surface area contributed by atoms with Gasteiger partial charge in [-0.15, -0.1) is 0 Å². The lowest BCUT2D eigenvalue weighted by Crippen LogP contribution is -2.33. The van der Waals surface area contributed by atoms with Gasteiger partial charge in [-0.2, -0.15) is 0 Å². The number of pyridine rings is 1. The molecule has 2 aromatic rings. The molecule has 0 saturated carbocycles. The molecular weight excluding hydrogens is 356 g/mol. The van der Waals surface area contributed by atoms with Crippen molar-refractivity contribution in [3.63, 3.8) is 0 Å². The van der Waals surface area contributed by atoms with E-state index < -0.39 is 5.91 Å². The van der Waals surface area contributed by atoms with Crippen LogP contribution in [0.5, 0.6) is 0 Å². The zero-order valence-corrected chi connectivity index (χ0v) is 15.0. The summed E-state index contributed by atoms with van der Waals surface area (Å²) in [7, 11) is 0. The molecule has 26 heavy (non-hydrogen) atoms. The number of aryl methyl sites for hydroxylation is 1. The van der Waals surface area contributed by atoms with Gasteiger partial charge in [0.15, 0.2) is 0 Å². The number of ether oxygens (including phenoxy) is 1. The lowest BCUT2D eigenvalue weighted by atomic mass is 10.1. The van der Waals surface area contributed by atoms with Crippen molar-refractivity contribution in [1.29, 1.82) is 0 Å². The van der Waals surface area contributed by atoms with Gasteiger partial charge in [0.05, 0.1) is 12.7 Å². The van der Waals surface area contributed by atoms with Crippen molar-refractivity contribution in [1.82, 2.24) is 10.3 Å². The average Bonchev–Trinajstić information content (AvgIpc) is 2.62. The van der Waals surface area contributed by atoms with Crippen molar-refractivity contribution in [2.75, 3.05) is 25.0 Å². The summed E-state index contributed by atoms with van der Waals surface area (Å²) in [6.07, 6.45) is -0.109. The van der Waals surface area contributed by atoms with E-state index in [9.17, 15) is 9.59 Å². The second-order valence-corrected chi connectivity index (χ2v) is 6.41. The molecule has 0 radical (unpaired) electrons. The number of amides is 2. The third-order valence-corrected chi connectivity index (χ3v) is 4.33. The molecule has 1 atom stereocenters. The van der Waals surface area contributed by atoms with Gasteiger partial charge in [-0.25, -0.2) is 4.98 Å². The molecule has 7 nitrogen and oxygen atoms in total. The summed E-state index contributed by atoms with van der Waals surface area (Å²) in [5, 5.41) is 6.53. The molecule has 136 valence electrons. The first-order valence-electron chi connectivity index (χ1n) is 8.15. The third-order valence-electron chi connectivity index (χ3n) is 4.00. The van der Waals surface area contributed by atoms with Crippen LogP contribution in [0.15, 0.2) is 30.3 Å². The number of anilines is 1. The molecular formula is C18H19ClN4O3. The molecule has 1 aromatic heterocycles. The number of nitrogens with one attached hydrogen (secondary N) is 2. The Morgan fingerprint density at radius 3 is 2.81 bits per heavy atom. The van der Waals surface area contributed by atoms with E-state index in [1.165, 1.54) is 6.07 Å². The van der Waals surface area contributed by atoms with Crippen LogP contribution in [0.25, 0.3) is 0 Å². The van der Waals surface area contributed by atoms with Crippen LogP contribution >= 0.6 is 11.6 Å². The summed E-state index contributed by atoms with van der Waals surface area (Å²) < 4.78 is 5.70. The highest BCUT2D eigenvalue weighted by Gasteiger charge is 2.19. The van der Waals surface area contributed by atoms with Gasteiger partial charge in [0.25, 0.3) is 11.8 Å². The minimum absolute atomic E-state index is 0.0467. The number of morpholine rings is 1. The van der Waals surface area contributed by atoms with E-state index in [0.717, 1.165) is 12.1 Å². The highest BCUT2D eigenvalue weighted by molar-refractivity contribution is 6.31. The maximum absolute atomic E-state index is 12.5. The van der Waals surface area contributed by atoms with Gasteiger partial charge in [-0.3, -0.25) is 9.59 Å². The lowest BCUT2D eigenvalue weighted by Gasteiger charge is -2.25. The smallest absolute Gasteiger partial charge is 0.267 e. The molecule has 1 aliphatic heterocycles. The fourth-order valence-corrected chi connectivity index (χ4v) is 3.06. The molecule has 2 heterocycles. The Hall–Kier alpha value is -2.48. The first kappa shape index (κ1) is 18.3. The van der Waals surface area contributed by atoms with Gasteiger partial charge < -0.3 is 21.1 Å². The molecule has 3 rings (SSSR count). The van der Waals surface area contributed by atoms with Crippen molar-refractivity contribution in [2.45, 2.75) is 13.0 Å². The number of nitrogens with two attached hydrogens (primary N) is 1. The number of hydrogen-bond acceptors (Lipinski definition) is 5. The zero-order chi connectivity index (χ0) is 18.7. The number of hydrogen-bond donors (Lipinski definition) is 3. The van der Waals surface area contributed by atoms with E-state index in [0.29, 0.717) is 35.1 Å². The SMILES string of the molecule is Cc1cc(C(=O)Nc2ccc(C3CNCCO3)c(Cl)c2)cc(C(N)=O)n1. The summed E-state index contributed by atoms with van der Waals surface area (Å²) >= 11 is 6.35. The van der Waals surface area contributed by atoms with Gasteiger partial charge in [0.2, 0.25) is 0 Å². The molecule has 1 aromatic carbocycles. The number of halogens is 1. The van der Waals surface area contributed by atoms with Crippen LogP contribution in [0.2, 0.25) is 5.02 Å². The Morgan fingerprint density at radius 1 is 1.35 bits per heavy atom. The van der Waals surface area contributed by atoms with E-state index in [1.807, 2.05) is 6.07 Å². The van der Waals surface area contributed by atoms with Crippen LogP contribution in [0.3, 0.4) is 0 Å². The normalized spacial score (nSPS) is 16.9. The summed E-state index contributed by atoms with van der Waals surface area (Å²) in [6, 6.07) is 8.22. The second kappa shape index (κ2) is 7.82. The van der Waals surface area contributed by atoms with Crippen molar-refractivity contribution in [2.24, 2.45) is 5.73 Å². The van der Waals surface area contributed by atoms with Crippen LogP contribution in [0, 0.1) is 6.92 Å². The largest absolute Gasteiger partial charge is 0.371 e. The molecule has 1 unspecified atom stereocenters. The van der Waals surface area contributed by atoms with E-state index in [-0.39, 0.29) is 17.7 Å². The maximum Gasteiger partial charge on any atom is 0.267 e. The number of aromatic nitrogens is 1. The molecule has 4 N–H and O–H groups in total. The van der Waals surface area contributed by atoms with Crippen LogP contribution in [0.4, 0.5) is 5.69 Å². The van der Waals surface area contributed by atoms with Gasteiger partial charge in [0.1, 0.15) is 5.69 Å². The van der Waals surface area contributed by atoms with Crippen LogP contribution < -0.4 is 16.4 Å². The number of carbonyl (C=O) groups excluding carboxylic acids is 2. The van der Waals surface area contributed by atoms with Gasteiger partial charge in [-0.05, 0) is 31.2 Å².